The summed E-state index contributed by atoms with van der Waals surface area (Å²) in [6.45, 7) is 5.73. The molecule has 0 spiro atoms. The normalized spacial score (nSPS) is 19.8. The van der Waals surface area contributed by atoms with E-state index >= 15 is 0 Å². The first-order valence-corrected chi connectivity index (χ1v) is 9.08. The van der Waals surface area contributed by atoms with Gasteiger partial charge in [0, 0.05) is 60.8 Å². The zero-order valence-corrected chi connectivity index (χ0v) is 14.8. The van der Waals surface area contributed by atoms with Gasteiger partial charge in [-0.1, -0.05) is 0 Å². The molecule has 6 heteroatoms. The number of thiophene rings is 1. The Hall–Kier alpha value is -1.89. The van der Waals surface area contributed by atoms with Crippen molar-refractivity contribution in [3.05, 3.63) is 45.4 Å². The zero-order chi connectivity index (χ0) is 16.5. The van der Waals surface area contributed by atoms with E-state index in [9.17, 15) is 0 Å². The number of rotatable bonds is 3. The number of nitrogens with one attached hydrogen (secondary N) is 2. The van der Waals surface area contributed by atoms with Crippen molar-refractivity contribution in [2.24, 2.45) is 0 Å². The number of anilines is 1. The molecular formula is C18H22N4OS. The van der Waals surface area contributed by atoms with Crippen molar-refractivity contribution >= 4 is 28.2 Å². The van der Waals surface area contributed by atoms with Gasteiger partial charge in [-0.15, -0.1) is 11.3 Å². The van der Waals surface area contributed by atoms with E-state index in [-0.39, 0.29) is 0 Å². The minimum absolute atomic E-state index is 0.340. The molecule has 2 aromatic heterocycles. The second-order valence-electron chi connectivity index (χ2n) is 6.23. The van der Waals surface area contributed by atoms with E-state index in [0.717, 1.165) is 36.8 Å². The van der Waals surface area contributed by atoms with E-state index in [1.807, 2.05) is 12.3 Å². The van der Waals surface area contributed by atoms with E-state index in [4.69, 9.17) is 9.72 Å². The van der Waals surface area contributed by atoms with Crippen LogP contribution in [0.4, 0.5) is 5.00 Å². The Morgan fingerprint density at radius 1 is 1.46 bits per heavy atom. The molecule has 5 nitrogen and oxygen atoms in total. The quantitative estimate of drug-likeness (QED) is 0.860. The van der Waals surface area contributed by atoms with E-state index in [1.54, 1.807) is 18.4 Å². The summed E-state index contributed by atoms with van der Waals surface area (Å²) in [5, 5.41) is 10.4. The molecule has 0 aromatic carbocycles. The van der Waals surface area contributed by atoms with Crippen LogP contribution in [0.1, 0.15) is 10.4 Å². The minimum Gasteiger partial charge on any atom is -0.383 e. The van der Waals surface area contributed by atoms with Crippen LogP contribution < -0.4 is 21.2 Å². The number of piperazine rings is 1. The number of hydrogen-bond acceptors (Lipinski definition) is 6. The van der Waals surface area contributed by atoms with Crippen LogP contribution in [0.15, 0.2) is 24.4 Å². The molecule has 0 bridgehead atoms. The fourth-order valence-electron chi connectivity index (χ4n) is 3.46. The Morgan fingerprint density at radius 3 is 3.25 bits per heavy atom. The number of methoxy groups -OCH3 is 1. The molecule has 2 N–H and O–H groups in total. The van der Waals surface area contributed by atoms with Crippen LogP contribution in [0.5, 0.6) is 0 Å². The molecule has 2 aliphatic rings. The highest BCUT2D eigenvalue weighted by molar-refractivity contribution is 7.16. The lowest BCUT2D eigenvalue weighted by atomic mass is 10.1. The number of hydrogen-bond donors (Lipinski definition) is 2. The minimum atomic E-state index is 0.340. The first-order valence-electron chi connectivity index (χ1n) is 8.26. The fraction of sp³-hybridized carbons (Fsp3) is 0.389. The molecule has 2 aliphatic heterocycles. The van der Waals surface area contributed by atoms with Gasteiger partial charge < -0.3 is 20.3 Å². The van der Waals surface area contributed by atoms with Gasteiger partial charge in [-0.3, -0.25) is 4.98 Å². The Morgan fingerprint density at radius 2 is 2.38 bits per heavy atom. The summed E-state index contributed by atoms with van der Waals surface area (Å²) in [4.78, 5) is 8.48. The van der Waals surface area contributed by atoms with Gasteiger partial charge in [0.2, 0.25) is 0 Å². The van der Waals surface area contributed by atoms with E-state index < -0.39 is 0 Å². The molecule has 1 saturated heterocycles. The van der Waals surface area contributed by atoms with Crippen molar-refractivity contribution in [1.82, 2.24) is 15.2 Å². The van der Waals surface area contributed by atoms with Crippen molar-refractivity contribution in [2.45, 2.75) is 13.0 Å². The van der Waals surface area contributed by atoms with Gasteiger partial charge in [-0.2, -0.15) is 0 Å². The number of aryl methyl sites for hydroxylation is 1. The first kappa shape index (κ1) is 15.6. The van der Waals surface area contributed by atoms with Crippen LogP contribution in [-0.2, 0) is 4.74 Å². The van der Waals surface area contributed by atoms with E-state index in [2.05, 4.69) is 40.8 Å². The summed E-state index contributed by atoms with van der Waals surface area (Å²) in [5.74, 6) is 0. The third-order valence-electron chi connectivity index (χ3n) is 4.47. The number of ether oxygens (including phenoxy) is 1. The molecule has 0 saturated carbocycles. The van der Waals surface area contributed by atoms with Crippen LogP contribution >= 0.6 is 11.3 Å². The van der Waals surface area contributed by atoms with Crippen LogP contribution in [0.2, 0.25) is 0 Å². The Bertz CT molecular complexity index is 858. The summed E-state index contributed by atoms with van der Waals surface area (Å²) in [5.41, 5.74) is 2.48. The van der Waals surface area contributed by atoms with Gasteiger partial charge >= 0.3 is 0 Å². The summed E-state index contributed by atoms with van der Waals surface area (Å²) < 4.78 is 5.35. The number of fused-ring (bicyclic) bond motifs is 2. The molecule has 4 heterocycles. The highest BCUT2D eigenvalue weighted by Crippen LogP contribution is 2.34. The van der Waals surface area contributed by atoms with Crippen LogP contribution in [0, 0.1) is 6.92 Å². The molecule has 0 amide bonds. The number of nitrogens with zero attached hydrogens (tertiary/aromatic N) is 2. The molecule has 1 fully saturated rings. The lowest BCUT2D eigenvalue weighted by Gasteiger charge is -2.36. The lowest BCUT2D eigenvalue weighted by molar-refractivity contribution is 0.136. The molecule has 0 aliphatic carbocycles. The van der Waals surface area contributed by atoms with Crippen LogP contribution in [0.3, 0.4) is 0 Å². The maximum Gasteiger partial charge on any atom is 0.102 e. The average molecular weight is 342 g/mol. The van der Waals surface area contributed by atoms with E-state index in [0.29, 0.717) is 6.04 Å². The molecule has 24 heavy (non-hydrogen) atoms. The summed E-state index contributed by atoms with van der Waals surface area (Å²) in [7, 11) is 1.76. The lowest BCUT2D eigenvalue weighted by Crippen LogP contribution is -2.53. The van der Waals surface area contributed by atoms with Gasteiger partial charge in [-0.25, -0.2) is 0 Å². The van der Waals surface area contributed by atoms with Gasteiger partial charge in [-0.05, 0) is 25.1 Å². The Labute approximate surface area is 145 Å². The Kier molecular flexibility index (Phi) is 4.26. The van der Waals surface area contributed by atoms with Crippen molar-refractivity contribution in [3.8, 4) is 0 Å². The molecule has 0 radical (unpaired) electrons. The van der Waals surface area contributed by atoms with Crippen LogP contribution in [-0.4, -0.2) is 49.3 Å². The van der Waals surface area contributed by atoms with Gasteiger partial charge in [0.05, 0.1) is 17.7 Å². The first-order chi connectivity index (χ1) is 11.8. The Balaban J connectivity index is 1.87. The van der Waals surface area contributed by atoms with Crippen molar-refractivity contribution < 1.29 is 4.74 Å². The number of pyridine rings is 1. The summed E-state index contributed by atoms with van der Waals surface area (Å²) >= 11 is 1.79. The highest BCUT2D eigenvalue weighted by atomic mass is 32.1. The second-order valence-corrected chi connectivity index (χ2v) is 7.49. The maximum absolute atomic E-state index is 5.35. The van der Waals surface area contributed by atoms with Crippen molar-refractivity contribution in [2.75, 3.05) is 38.7 Å². The molecule has 126 valence electrons. The summed E-state index contributed by atoms with van der Waals surface area (Å²) in [6, 6.07) is 6.72. The largest absolute Gasteiger partial charge is 0.383 e. The molecule has 4 rings (SSSR count). The topological polar surface area (TPSA) is 49.4 Å². The van der Waals surface area contributed by atoms with Crippen molar-refractivity contribution in [3.63, 3.8) is 0 Å². The highest BCUT2D eigenvalue weighted by Gasteiger charge is 2.26. The third kappa shape index (κ3) is 2.81. The average Bonchev–Trinajstić information content (AvgIpc) is 2.88. The van der Waals surface area contributed by atoms with Crippen LogP contribution in [0.25, 0.3) is 11.9 Å². The zero-order valence-electron chi connectivity index (χ0n) is 14.0. The smallest absolute Gasteiger partial charge is 0.102 e. The summed E-state index contributed by atoms with van der Waals surface area (Å²) in [6.07, 6.45) is 3.95. The molecular weight excluding hydrogens is 320 g/mol. The monoisotopic (exact) mass is 342 g/mol. The standard InChI is InChI=1S/C18H22N4OS/c1-12-8-15-17(22-7-6-19-14(10-22)11-23-2)16-13(4-3-5-20-16)9-21-18(15)24-12/h3-5,8-9,14,19,21H,6-7,10-11H2,1-2H3. The fourth-order valence-corrected chi connectivity index (χ4v) is 4.34. The number of aromatic nitrogens is 1. The van der Waals surface area contributed by atoms with Gasteiger partial charge in [0.15, 0.2) is 0 Å². The van der Waals surface area contributed by atoms with E-state index in [1.165, 1.54) is 21.1 Å². The SMILES string of the molecule is COCC1CN(C2=c3ncccc3=CNc3sc(C)cc32)CCN1. The third-order valence-corrected chi connectivity index (χ3v) is 5.45. The molecule has 2 aromatic rings. The molecule has 1 unspecified atom stereocenters. The van der Waals surface area contributed by atoms with Gasteiger partial charge in [0.25, 0.3) is 0 Å². The predicted molar refractivity (Wildman–Crippen MR) is 98.4 cm³/mol. The van der Waals surface area contributed by atoms with Crippen molar-refractivity contribution in [1.29, 1.82) is 0 Å². The van der Waals surface area contributed by atoms with Gasteiger partial charge in [0.1, 0.15) is 5.00 Å². The molecule has 1 atom stereocenters. The second kappa shape index (κ2) is 6.55. The predicted octanol–water partition coefficient (Wildman–Crippen LogP) is 0.692. The maximum atomic E-state index is 5.35.